The Morgan fingerprint density at radius 3 is 2.41 bits per heavy atom. The number of anilines is 1. The number of nitrogens with two attached hydrogens (primary N) is 1. The second-order valence-electron chi connectivity index (χ2n) is 3.42. The predicted octanol–water partition coefficient (Wildman–Crippen LogP) is 2.74. The highest BCUT2D eigenvalue weighted by molar-refractivity contribution is 6.31. The molecule has 17 heavy (non-hydrogen) atoms. The first-order valence-corrected chi connectivity index (χ1v) is 4.92. The minimum atomic E-state index is -1.19. The Morgan fingerprint density at radius 2 is 1.88 bits per heavy atom. The van der Waals surface area contributed by atoms with Crippen molar-refractivity contribution in [3.8, 4) is 11.3 Å². The van der Waals surface area contributed by atoms with E-state index in [9.17, 15) is 13.2 Å². The van der Waals surface area contributed by atoms with Crippen LogP contribution in [0.15, 0.2) is 12.1 Å². The molecule has 2 aromatic rings. The average Bonchev–Trinajstić information content (AvgIpc) is 2.56. The van der Waals surface area contributed by atoms with Crippen molar-refractivity contribution in [2.24, 2.45) is 7.05 Å². The van der Waals surface area contributed by atoms with Gasteiger partial charge in [0.05, 0.1) is 5.56 Å². The monoisotopic (exact) mass is 261 g/mol. The SMILES string of the molecule is Cn1nc(-c2c(F)cc(F)c(Cl)c2F)cc1N. The fourth-order valence-electron chi connectivity index (χ4n) is 1.40. The third-order valence-electron chi connectivity index (χ3n) is 2.29. The Morgan fingerprint density at radius 1 is 1.24 bits per heavy atom. The molecule has 0 bridgehead atoms. The van der Waals surface area contributed by atoms with Gasteiger partial charge in [-0.05, 0) is 0 Å². The summed E-state index contributed by atoms with van der Waals surface area (Å²) in [7, 11) is 1.51. The van der Waals surface area contributed by atoms with Crippen LogP contribution in [0.2, 0.25) is 5.02 Å². The van der Waals surface area contributed by atoms with Gasteiger partial charge in [-0.25, -0.2) is 13.2 Å². The third-order valence-corrected chi connectivity index (χ3v) is 2.63. The number of nitrogens with zero attached hydrogens (tertiary/aromatic N) is 2. The Hall–Kier alpha value is -1.69. The van der Waals surface area contributed by atoms with Crippen LogP contribution >= 0.6 is 11.6 Å². The third kappa shape index (κ3) is 1.84. The summed E-state index contributed by atoms with van der Waals surface area (Å²) in [6.45, 7) is 0. The summed E-state index contributed by atoms with van der Waals surface area (Å²) in [6, 6.07) is 1.78. The topological polar surface area (TPSA) is 43.8 Å². The highest BCUT2D eigenvalue weighted by Gasteiger charge is 2.21. The van der Waals surface area contributed by atoms with Gasteiger partial charge in [0, 0.05) is 19.2 Å². The van der Waals surface area contributed by atoms with Crippen LogP contribution in [-0.2, 0) is 7.05 Å². The highest BCUT2D eigenvalue weighted by atomic mass is 35.5. The zero-order valence-corrected chi connectivity index (χ0v) is 9.39. The molecule has 2 rings (SSSR count). The lowest BCUT2D eigenvalue weighted by Crippen LogP contribution is -1.98. The van der Waals surface area contributed by atoms with Crippen LogP contribution in [0.5, 0.6) is 0 Å². The Labute approximate surface area is 99.6 Å². The Kier molecular flexibility index (Phi) is 2.74. The molecule has 0 saturated heterocycles. The van der Waals surface area contributed by atoms with Crippen LogP contribution in [-0.4, -0.2) is 9.78 Å². The van der Waals surface area contributed by atoms with Crippen LogP contribution in [0.4, 0.5) is 19.0 Å². The summed E-state index contributed by atoms with van der Waals surface area (Å²) in [5.74, 6) is -3.21. The maximum absolute atomic E-state index is 13.6. The molecule has 0 amide bonds. The van der Waals surface area contributed by atoms with Crippen molar-refractivity contribution in [1.82, 2.24) is 9.78 Å². The van der Waals surface area contributed by atoms with E-state index in [1.165, 1.54) is 17.8 Å². The van der Waals surface area contributed by atoms with Crippen molar-refractivity contribution in [3.05, 3.63) is 34.6 Å². The van der Waals surface area contributed by atoms with Gasteiger partial charge in [0.25, 0.3) is 0 Å². The Bertz CT molecular complexity index is 575. The summed E-state index contributed by atoms with van der Waals surface area (Å²) < 4.78 is 41.3. The van der Waals surface area contributed by atoms with Crippen LogP contribution in [0, 0.1) is 17.5 Å². The zero-order valence-electron chi connectivity index (χ0n) is 8.64. The van der Waals surface area contributed by atoms with Crippen LogP contribution in [0.25, 0.3) is 11.3 Å². The molecular weight excluding hydrogens is 255 g/mol. The molecule has 0 spiro atoms. The first-order valence-electron chi connectivity index (χ1n) is 4.54. The number of aryl methyl sites for hydroxylation is 1. The molecule has 0 radical (unpaired) electrons. The molecule has 0 saturated carbocycles. The summed E-state index contributed by atoms with van der Waals surface area (Å²) in [5.41, 5.74) is 4.96. The summed E-state index contributed by atoms with van der Waals surface area (Å²) >= 11 is 5.37. The molecule has 1 aromatic carbocycles. The van der Waals surface area contributed by atoms with Gasteiger partial charge >= 0.3 is 0 Å². The number of nitrogen functional groups attached to an aromatic ring is 1. The average molecular weight is 262 g/mol. The van der Waals surface area contributed by atoms with E-state index < -0.39 is 28.0 Å². The maximum atomic E-state index is 13.6. The maximum Gasteiger partial charge on any atom is 0.157 e. The standard InChI is InChI=1S/C10H7ClF3N3/c1-17-7(15)3-6(16-17)8-4(12)2-5(13)9(11)10(8)14/h2-3H,15H2,1H3. The molecule has 0 unspecified atom stereocenters. The van der Waals surface area contributed by atoms with Gasteiger partial charge < -0.3 is 5.73 Å². The minimum absolute atomic E-state index is 0.0399. The van der Waals surface area contributed by atoms with Crippen molar-refractivity contribution in [2.75, 3.05) is 5.73 Å². The van der Waals surface area contributed by atoms with Gasteiger partial charge in [0.1, 0.15) is 28.2 Å². The van der Waals surface area contributed by atoms with Crippen LogP contribution in [0.3, 0.4) is 0 Å². The molecule has 90 valence electrons. The molecule has 0 fully saturated rings. The summed E-state index contributed by atoms with van der Waals surface area (Å²) in [5, 5.41) is 3.03. The van der Waals surface area contributed by atoms with E-state index in [1.807, 2.05) is 0 Å². The Balaban J connectivity index is 2.71. The molecule has 1 heterocycles. The number of halogens is 4. The van der Waals surface area contributed by atoms with Gasteiger partial charge in [-0.2, -0.15) is 5.10 Å². The second-order valence-corrected chi connectivity index (χ2v) is 3.80. The predicted molar refractivity (Wildman–Crippen MR) is 57.9 cm³/mol. The quantitative estimate of drug-likeness (QED) is 0.634. The lowest BCUT2D eigenvalue weighted by atomic mass is 10.1. The number of benzene rings is 1. The van der Waals surface area contributed by atoms with E-state index >= 15 is 0 Å². The number of hydrogen-bond donors (Lipinski definition) is 1. The fourth-order valence-corrected chi connectivity index (χ4v) is 1.55. The van der Waals surface area contributed by atoms with E-state index in [0.29, 0.717) is 6.07 Å². The highest BCUT2D eigenvalue weighted by Crippen LogP contribution is 2.32. The summed E-state index contributed by atoms with van der Waals surface area (Å²) in [4.78, 5) is 0. The molecule has 7 heteroatoms. The van der Waals surface area contributed by atoms with E-state index in [-0.39, 0.29) is 11.5 Å². The molecule has 0 aliphatic carbocycles. The smallest absolute Gasteiger partial charge is 0.157 e. The van der Waals surface area contributed by atoms with Crippen molar-refractivity contribution < 1.29 is 13.2 Å². The first-order chi connectivity index (χ1) is 7.91. The molecular formula is C10H7ClF3N3. The van der Waals surface area contributed by atoms with Crippen molar-refractivity contribution in [3.63, 3.8) is 0 Å². The van der Waals surface area contributed by atoms with E-state index in [1.54, 1.807) is 0 Å². The normalized spacial score (nSPS) is 10.9. The van der Waals surface area contributed by atoms with Gasteiger partial charge in [-0.1, -0.05) is 11.6 Å². The van der Waals surface area contributed by atoms with Gasteiger partial charge in [-0.3, -0.25) is 4.68 Å². The van der Waals surface area contributed by atoms with Crippen molar-refractivity contribution in [1.29, 1.82) is 0 Å². The molecule has 0 atom stereocenters. The van der Waals surface area contributed by atoms with Crippen molar-refractivity contribution >= 4 is 17.4 Å². The molecule has 3 nitrogen and oxygen atoms in total. The largest absolute Gasteiger partial charge is 0.384 e. The van der Waals surface area contributed by atoms with Gasteiger partial charge in [0.15, 0.2) is 5.82 Å². The first kappa shape index (κ1) is 11.8. The molecule has 0 aliphatic heterocycles. The van der Waals surface area contributed by atoms with Gasteiger partial charge in [-0.15, -0.1) is 0 Å². The molecule has 2 N–H and O–H groups in total. The number of rotatable bonds is 1. The van der Waals surface area contributed by atoms with E-state index in [0.717, 1.165) is 0 Å². The van der Waals surface area contributed by atoms with Gasteiger partial charge in [0.2, 0.25) is 0 Å². The van der Waals surface area contributed by atoms with E-state index in [2.05, 4.69) is 5.10 Å². The summed E-state index contributed by atoms with van der Waals surface area (Å²) in [6.07, 6.45) is 0. The second kappa shape index (κ2) is 3.96. The lowest BCUT2D eigenvalue weighted by molar-refractivity contribution is 0.547. The zero-order chi connectivity index (χ0) is 12.7. The molecule has 1 aromatic heterocycles. The molecule has 0 aliphatic rings. The lowest BCUT2D eigenvalue weighted by Gasteiger charge is -2.04. The van der Waals surface area contributed by atoms with Crippen molar-refractivity contribution in [2.45, 2.75) is 0 Å². The number of hydrogen-bond acceptors (Lipinski definition) is 2. The number of aromatic nitrogens is 2. The minimum Gasteiger partial charge on any atom is -0.384 e. The van der Waals surface area contributed by atoms with Crippen LogP contribution < -0.4 is 5.73 Å². The van der Waals surface area contributed by atoms with Crippen LogP contribution in [0.1, 0.15) is 0 Å². The fraction of sp³-hybridized carbons (Fsp3) is 0.100. The van der Waals surface area contributed by atoms with E-state index in [4.69, 9.17) is 17.3 Å².